The van der Waals surface area contributed by atoms with Crippen LogP contribution in [0.15, 0.2) is 42.5 Å². The molecule has 2 unspecified atom stereocenters. The van der Waals surface area contributed by atoms with Crippen molar-refractivity contribution in [3.05, 3.63) is 75.3 Å². The molecule has 1 heterocycles. The van der Waals surface area contributed by atoms with Crippen LogP contribution in [0.5, 0.6) is 0 Å². The summed E-state index contributed by atoms with van der Waals surface area (Å²) in [6.45, 7) is 0. The van der Waals surface area contributed by atoms with Gasteiger partial charge in [0.2, 0.25) is 11.8 Å². The lowest BCUT2D eigenvalue weighted by Gasteiger charge is -2.42. The first-order valence-corrected chi connectivity index (χ1v) is 8.91. The molecular formula is C20H19F2N3O4. The number of benzene rings is 2. The van der Waals surface area contributed by atoms with Crippen molar-refractivity contribution in [3.63, 3.8) is 0 Å². The summed E-state index contributed by atoms with van der Waals surface area (Å²) in [7, 11) is 2.85. The molecule has 7 nitrogen and oxygen atoms in total. The number of nitro benzene ring substituents is 1. The second-order valence-electron chi connectivity index (χ2n) is 6.94. The maximum Gasteiger partial charge on any atom is 0.275 e. The van der Waals surface area contributed by atoms with Crippen molar-refractivity contribution < 1.29 is 23.3 Å². The Morgan fingerprint density at radius 3 is 2.03 bits per heavy atom. The van der Waals surface area contributed by atoms with Crippen molar-refractivity contribution in [2.45, 2.75) is 24.9 Å². The van der Waals surface area contributed by atoms with Crippen molar-refractivity contribution >= 4 is 17.5 Å². The summed E-state index contributed by atoms with van der Waals surface area (Å²) in [5, 5.41) is 11.2. The Bertz CT molecular complexity index is 968. The fraction of sp³-hybridized carbons (Fsp3) is 0.300. The maximum atomic E-state index is 14.3. The van der Waals surface area contributed by atoms with Crippen LogP contribution in [0.25, 0.3) is 0 Å². The molecule has 0 aromatic heterocycles. The number of rotatable bonds is 5. The quantitative estimate of drug-likeness (QED) is 0.567. The predicted molar refractivity (Wildman–Crippen MR) is 100.0 cm³/mol. The molecule has 0 radical (unpaired) electrons. The Balaban J connectivity index is 1.90. The Kier molecular flexibility index (Phi) is 5.58. The number of nitrogens with zero attached hydrogens (tertiary/aromatic N) is 3. The van der Waals surface area contributed by atoms with E-state index in [0.717, 1.165) is 16.5 Å². The van der Waals surface area contributed by atoms with Gasteiger partial charge in [0.15, 0.2) is 11.6 Å². The monoisotopic (exact) mass is 403 g/mol. The summed E-state index contributed by atoms with van der Waals surface area (Å²) in [5.41, 5.74) is -0.307. The molecule has 2 atom stereocenters. The molecule has 1 aliphatic rings. The number of likely N-dealkylation sites (N-methyl/N-ethyl adjacent to an activating group) is 2. The van der Waals surface area contributed by atoms with Crippen molar-refractivity contribution in [2.24, 2.45) is 0 Å². The van der Waals surface area contributed by atoms with E-state index < -0.39 is 52.2 Å². The minimum atomic E-state index is -1.39. The molecule has 2 amide bonds. The number of carbonyl (C=O) groups excluding carboxylic acids is 2. The fourth-order valence-corrected chi connectivity index (χ4v) is 3.54. The number of halogens is 2. The second kappa shape index (κ2) is 7.94. The number of hydrogen-bond acceptors (Lipinski definition) is 4. The summed E-state index contributed by atoms with van der Waals surface area (Å²) >= 11 is 0. The van der Waals surface area contributed by atoms with E-state index in [2.05, 4.69) is 0 Å². The second-order valence-corrected chi connectivity index (χ2v) is 6.94. The molecule has 0 spiro atoms. The van der Waals surface area contributed by atoms with Crippen LogP contribution < -0.4 is 0 Å². The van der Waals surface area contributed by atoms with E-state index in [-0.39, 0.29) is 5.91 Å². The highest BCUT2D eigenvalue weighted by Gasteiger charge is 2.43. The van der Waals surface area contributed by atoms with Crippen LogP contribution in [-0.2, 0) is 22.4 Å². The van der Waals surface area contributed by atoms with Gasteiger partial charge in [-0.3, -0.25) is 19.7 Å². The molecule has 0 bridgehead atoms. The molecule has 1 fully saturated rings. The van der Waals surface area contributed by atoms with Gasteiger partial charge >= 0.3 is 0 Å². The number of amides is 2. The minimum Gasteiger partial charge on any atom is -0.332 e. The van der Waals surface area contributed by atoms with E-state index in [1.165, 1.54) is 19.0 Å². The van der Waals surface area contributed by atoms with E-state index in [1.807, 2.05) is 30.3 Å². The molecule has 1 saturated heterocycles. The number of hydrogen-bond donors (Lipinski definition) is 0. The molecule has 0 N–H and O–H groups in total. The minimum absolute atomic E-state index is 0.299. The molecule has 0 aliphatic carbocycles. The van der Waals surface area contributed by atoms with Crippen LogP contribution in [-0.4, -0.2) is 52.7 Å². The maximum absolute atomic E-state index is 14.3. The zero-order valence-corrected chi connectivity index (χ0v) is 15.8. The van der Waals surface area contributed by atoms with E-state index in [0.29, 0.717) is 12.5 Å². The molecule has 152 valence electrons. The topological polar surface area (TPSA) is 83.8 Å². The smallest absolute Gasteiger partial charge is 0.275 e. The third-order valence-corrected chi connectivity index (χ3v) is 5.24. The van der Waals surface area contributed by atoms with Gasteiger partial charge in [0.25, 0.3) is 5.69 Å². The van der Waals surface area contributed by atoms with Crippen LogP contribution in [0.3, 0.4) is 0 Å². The van der Waals surface area contributed by atoms with E-state index in [9.17, 15) is 28.5 Å². The molecular weight excluding hydrogens is 384 g/mol. The Morgan fingerprint density at radius 1 is 0.931 bits per heavy atom. The third-order valence-electron chi connectivity index (χ3n) is 5.24. The first-order valence-electron chi connectivity index (χ1n) is 8.91. The van der Waals surface area contributed by atoms with E-state index >= 15 is 0 Å². The fourth-order valence-electron chi connectivity index (χ4n) is 3.54. The number of piperazine rings is 1. The molecule has 3 rings (SSSR count). The third kappa shape index (κ3) is 3.80. The highest BCUT2D eigenvalue weighted by Crippen LogP contribution is 2.28. The summed E-state index contributed by atoms with van der Waals surface area (Å²) in [6, 6.07) is 8.75. The van der Waals surface area contributed by atoms with Crippen molar-refractivity contribution in [1.29, 1.82) is 0 Å². The lowest BCUT2D eigenvalue weighted by atomic mass is 9.94. The van der Waals surface area contributed by atoms with Crippen molar-refractivity contribution in [3.8, 4) is 0 Å². The Hall–Kier alpha value is -3.36. The molecule has 2 aromatic carbocycles. The van der Waals surface area contributed by atoms with Gasteiger partial charge in [0.05, 0.1) is 10.5 Å². The molecule has 0 saturated carbocycles. The van der Waals surface area contributed by atoms with E-state index in [1.54, 1.807) is 0 Å². The largest absolute Gasteiger partial charge is 0.332 e. The molecule has 29 heavy (non-hydrogen) atoms. The lowest BCUT2D eigenvalue weighted by Crippen LogP contribution is -2.63. The average Bonchev–Trinajstić information content (AvgIpc) is 2.70. The van der Waals surface area contributed by atoms with Gasteiger partial charge in [0.1, 0.15) is 12.1 Å². The van der Waals surface area contributed by atoms with Crippen LogP contribution in [0, 0.1) is 21.7 Å². The van der Waals surface area contributed by atoms with Gasteiger partial charge in [0, 0.05) is 33.0 Å². The molecule has 9 heteroatoms. The van der Waals surface area contributed by atoms with Gasteiger partial charge in [-0.1, -0.05) is 30.3 Å². The average molecular weight is 403 g/mol. The first-order chi connectivity index (χ1) is 13.7. The van der Waals surface area contributed by atoms with Gasteiger partial charge in [-0.05, 0) is 11.6 Å². The van der Waals surface area contributed by atoms with Crippen LogP contribution >= 0.6 is 0 Å². The standard InChI is InChI=1S/C20H19F2N3O4/c1-23-16(10-12-6-4-3-5-7-12)19(26)24(2)17(20(23)27)11-13-15(25(28)29)9-8-14(21)18(13)22/h3-9,16-17H,10-11H2,1-2H3. The predicted octanol–water partition coefficient (Wildman–Crippen LogP) is 2.33. The van der Waals surface area contributed by atoms with E-state index in [4.69, 9.17) is 0 Å². The van der Waals surface area contributed by atoms with Gasteiger partial charge in [-0.15, -0.1) is 0 Å². The van der Waals surface area contributed by atoms with Crippen LogP contribution in [0.2, 0.25) is 0 Å². The van der Waals surface area contributed by atoms with Gasteiger partial charge in [-0.2, -0.15) is 0 Å². The molecule has 1 aliphatic heterocycles. The molecule has 2 aromatic rings. The Morgan fingerprint density at radius 2 is 1.48 bits per heavy atom. The number of nitro groups is 1. The van der Waals surface area contributed by atoms with Crippen molar-refractivity contribution in [1.82, 2.24) is 9.80 Å². The van der Waals surface area contributed by atoms with Crippen LogP contribution in [0.4, 0.5) is 14.5 Å². The SMILES string of the molecule is CN1C(=O)C(Cc2c([N+](=O)[O-])ccc(F)c2F)N(C)C(=O)C1Cc1ccccc1. The summed E-state index contributed by atoms with van der Waals surface area (Å²) in [5.74, 6) is -3.51. The van der Waals surface area contributed by atoms with Crippen molar-refractivity contribution in [2.75, 3.05) is 14.1 Å². The van der Waals surface area contributed by atoms with Gasteiger partial charge in [-0.25, -0.2) is 8.78 Å². The number of carbonyl (C=O) groups is 2. The zero-order valence-electron chi connectivity index (χ0n) is 15.8. The normalized spacial score (nSPS) is 19.6. The highest BCUT2D eigenvalue weighted by molar-refractivity contribution is 5.97. The lowest BCUT2D eigenvalue weighted by molar-refractivity contribution is -0.385. The first kappa shape index (κ1) is 20.4. The summed E-state index contributed by atoms with van der Waals surface area (Å²) in [4.78, 5) is 38.6. The summed E-state index contributed by atoms with van der Waals surface area (Å²) in [6.07, 6.45) is -0.198. The summed E-state index contributed by atoms with van der Waals surface area (Å²) < 4.78 is 27.9. The van der Waals surface area contributed by atoms with Crippen LogP contribution in [0.1, 0.15) is 11.1 Å². The zero-order chi connectivity index (χ0) is 21.3. The highest BCUT2D eigenvalue weighted by atomic mass is 19.2. The Labute approximate surface area is 165 Å². The van der Waals surface area contributed by atoms with Gasteiger partial charge < -0.3 is 9.80 Å².